The number of aliphatic hydroxyl groups excluding tert-OH is 1. The molecule has 0 aliphatic carbocycles. The van der Waals surface area contributed by atoms with Crippen molar-refractivity contribution in [2.75, 3.05) is 6.61 Å². The molecular formula is C13H18N4O. The van der Waals surface area contributed by atoms with Gasteiger partial charge < -0.3 is 5.11 Å². The lowest BCUT2D eigenvalue weighted by Gasteiger charge is -2.20. The molecule has 1 aliphatic heterocycles. The molecule has 5 nitrogen and oxygen atoms in total. The molecule has 0 radical (unpaired) electrons. The van der Waals surface area contributed by atoms with Crippen LogP contribution in [0.4, 0.5) is 0 Å². The highest BCUT2D eigenvalue weighted by atomic mass is 16.2. The number of unbranched alkanes of at least 4 members (excludes halogenated alkanes) is 2. The summed E-state index contributed by atoms with van der Waals surface area (Å²) >= 11 is 0. The van der Waals surface area contributed by atoms with Crippen LogP contribution in [0.15, 0.2) is 44.9 Å². The lowest BCUT2D eigenvalue weighted by Crippen LogP contribution is -2.18. The van der Waals surface area contributed by atoms with Crippen LogP contribution in [-0.2, 0) is 5.66 Å². The van der Waals surface area contributed by atoms with E-state index in [1.54, 1.807) is 0 Å². The van der Waals surface area contributed by atoms with Crippen LogP contribution >= 0.6 is 0 Å². The molecule has 0 unspecified atom stereocenters. The lowest BCUT2D eigenvalue weighted by atomic mass is 9.93. The van der Waals surface area contributed by atoms with Crippen LogP contribution in [0.1, 0.15) is 36.8 Å². The SMILES string of the molecule is Cc1cccc(C2(CCCCCO)N=NN=N2)c1. The Kier molecular flexibility index (Phi) is 4.15. The fraction of sp³-hybridized carbons (Fsp3) is 0.538. The third kappa shape index (κ3) is 2.79. The van der Waals surface area contributed by atoms with Crippen molar-refractivity contribution in [3.8, 4) is 0 Å². The monoisotopic (exact) mass is 246 g/mol. The van der Waals surface area contributed by atoms with Crippen molar-refractivity contribution in [2.24, 2.45) is 20.7 Å². The number of hydrogen-bond acceptors (Lipinski definition) is 5. The van der Waals surface area contributed by atoms with Gasteiger partial charge in [0, 0.05) is 18.6 Å². The Morgan fingerprint density at radius 1 is 1.11 bits per heavy atom. The lowest BCUT2D eigenvalue weighted by molar-refractivity contribution is 0.278. The summed E-state index contributed by atoms with van der Waals surface area (Å²) in [5.41, 5.74) is 1.58. The summed E-state index contributed by atoms with van der Waals surface area (Å²) in [5.74, 6) is 0. The molecule has 0 saturated heterocycles. The van der Waals surface area contributed by atoms with Crippen LogP contribution in [0.25, 0.3) is 0 Å². The molecule has 1 N–H and O–H groups in total. The molecule has 5 heteroatoms. The molecule has 0 bridgehead atoms. The van der Waals surface area contributed by atoms with Gasteiger partial charge in [-0.2, -0.15) is 0 Å². The maximum atomic E-state index is 8.79. The topological polar surface area (TPSA) is 69.7 Å². The van der Waals surface area contributed by atoms with Gasteiger partial charge in [0.2, 0.25) is 5.66 Å². The highest BCUT2D eigenvalue weighted by Gasteiger charge is 2.34. The van der Waals surface area contributed by atoms with E-state index in [4.69, 9.17) is 5.11 Å². The van der Waals surface area contributed by atoms with Crippen molar-refractivity contribution in [1.29, 1.82) is 0 Å². The van der Waals surface area contributed by atoms with Crippen LogP contribution in [0.5, 0.6) is 0 Å². The van der Waals surface area contributed by atoms with Crippen molar-refractivity contribution in [1.82, 2.24) is 0 Å². The van der Waals surface area contributed by atoms with Crippen LogP contribution in [-0.4, -0.2) is 11.7 Å². The average Bonchev–Trinajstić information content (AvgIpc) is 2.85. The molecule has 1 aromatic rings. The van der Waals surface area contributed by atoms with Crippen molar-refractivity contribution in [3.05, 3.63) is 35.4 Å². The standard InChI is InChI=1S/C13H18N4O/c1-11-6-5-7-12(10-11)13(14-16-17-15-13)8-3-2-4-9-18/h5-7,10,18H,2-4,8-9H2,1H3. The largest absolute Gasteiger partial charge is 0.396 e. The summed E-state index contributed by atoms with van der Waals surface area (Å²) in [6.07, 6.45) is 3.52. The third-order valence-electron chi connectivity index (χ3n) is 3.12. The maximum Gasteiger partial charge on any atom is 0.220 e. The van der Waals surface area contributed by atoms with Gasteiger partial charge in [-0.25, -0.2) is 0 Å². The molecule has 2 rings (SSSR count). The number of nitrogens with zero attached hydrogens (tertiary/aromatic N) is 4. The molecule has 0 aromatic heterocycles. The van der Waals surface area contributed by atoms with Gasteiger partial charge in [-0.05, 0) is 30.2 Å². The normalized spacial score (nSPS) is 16.3. The molecule has 1 aromatic carbocycles. The second-order valence-electron chi connectivity index (χ2n) is 4.60. The minimum atomic E-state index is -0.637. The Balaban J connectivity index is 2.12. The van der Waals surface area contributed by atoms with Gasteiger partial charge in [0.15, 0.2) is 0 Å². The number of aryl methyl sites for hydroxylation is 1. The molecule has 1 heterocycles. The molecule has 1 aliphatic rings. The first-order chi connectivity index (χ1) is 8.77. The molecule has 96 valence electrons. The van der Waals surface area contributed by atoms with Crippen molar-refractivity contribution in [2.45, 2.75) is 38.3 Å². The molecule has 0 atom stereocenters. The maximum absolute atomic E-state index is 8.79. The second-order valence-corrected chi connectivity index (χ2v) is 4.60. The number of benzene rings is 1. The fourth-order valence-electron chi connectivity index (χ4n) is 2.12. The molecule has 0 amide bonds. The summed E-state index contributed by atoms with van der Waals surface area (Å²) in [7, 11) is 0. The minimum Gasteiger partial charge on any atom is -0.396 e. The molecule has 0 spiro atoms. The van der Waals surface area contributed by atoms with Crippen LogP contribution in [0.3, 0.4) is 0 Å². The summed E-state index contributed by atoms with van der Waals surface area (Å²) in [6.45, 7) is 2.28. The highest BCUT2D eigenvalue weighted by molar-refractivity contribution is 5.28. The smallest absolute Gasteiger partial charge is 0.220 e. The number of rotatable bonds is 6. The first-order valence-corrected chi connectivity index (χ1v) is 6.29. The van der Waals surface area contributed by atoms with Gasteiger partial charge in [-0.3, -0.25) is 0 Å². The van der Waals surface area contributed by atoms with E-state index in [0.717, 1.165) is 31.2 Å². The van der Waals surface area contributed by atoms with Gasteiger partial charge in [0.1, 0.15) is 0 Å². The van der Waals surface area contributed by atoms with Gasteiger partial charge >= 0.3 is 0 Å². The summed E-state index contributed by atoms with van der Waals surface area (Å²) < 4.78 is 0. The number of hydrogen-bond donors (Lipinski definition) is 1. The van der Waals surface area contributed by atoms with Crippen molar-refractivity contribution < 1.29 is 5.11 Å². The van der Waals surface area contributed by atoms with Gasteiger partial charge in [0.25, 0.3) is 0 Å². The van der Waals surface area contributed by atoms with E-state index in [1.165, 1.54) is 5.56 Å². The Bertz CT molecular complexity index is 444. The highest BCUT2D eigenvalue weighted by Crippen LogP contribution is 2.37. The molecule has 0 fully saturated rings. The zero-order valence-corrected chi connectivity index (χ0v) is 10.6. The van der Waals surface area contributed by atoms with E-state index in [9.17, 15) is 0 Å². The fourth-order valence-corrected chi connectivity index (χ4v) is 2.12. The Labute approximate surface area is 107 Å². The summed E-state index contributed by atoms with van der Waals surface area (Å²) in [4.78, 5) is 0. The minimum absolute atomic E-state index is 0.237. The zero-order valence-electron chi connectivity index (χ0n) is 10.6. The van der Waals surface area contributed by atoms with Crippen LogP contribution in [0.2, 0.25) is 0 Å². The van der Waals surface area contributed by atoms with E-state index in [0.29, 0.717) is 0 Å². The Hall–Kier alpha value is -1.62. The predicted molar refractivity (Wildman–Crippen MR) is 68.1 cm³/mol. The first kappa shape index (κ1) is 12.8. The Morgan fingerprint density at radius 2 is 1.89 bits per heavy atom. The van der Waals surface area contributed by atoms with Gasteiger partial charge in [-0.1, -0.05) is 36.2 Å². The van der Waals surface area contributed by atoms with E-state index < -0.39 is 5.66 Å². The zero-order chi connectivity index (χ0) is 12.8. The number of aliphatic hydroxyl groups is 1. The molecular weight excluding hydrogens is 228 g/mol. The molecule has 18 heavy (non-hydrogen) atoms. The van der Waals surface area contributed by atoms with E-state index in [2.05, 4.69) is 26.7 Å². The van der Waals surface area contributed by atoms with E-state index >= 15 is 0 Å². The second kappa shape index (κ2) is 5.82. The average molecular weight is 246 g/mol. The van der Waals surface area contributed by atoms with Crippen LogP contribution < -0.4 is 0 Å². The van der Waals surface area contributed by atoms with E-state index in [-0.39, 0.29) is 6.61 Å². The Morgan fingerprint density at radius 3 is 2.56 bits per heavy atom. The summed E-state index contributed by atoms with van der Waals surface area (Å²) in [5, 5.41) is 24.6. The predicted octanol–water partition coefficient (Wildman–Crippen LogP) is 3.53. The van der Waals surface area contributed by atoms with E-state index in [1.807, 2.05) is 25.1 Å². The summed E-state index contributed by atoms with van der Waals surface area (Å²) in [6, 6.07) is 8.15. The van der Waals surface area contributed by atoms with Gasteiger partial charge in [0.05, 0.1) is 0 Å². The van der Waals surface area contributed by atoms with Crippen LogP contribution in [0, 0.1) is 6.92 Å². The first-order valence-electron chi connectivity index (χ1n) is 6.29. The van der Waals surface area contributed by atoms with Gasteiger partial charge in [-0.15, -0.1) is 10.2 Å². The molecule has 0 saturated carbocycles. The van der Waals surface area contributed by atoms with Crippen molar-refractivity contribution in [3.63, 3.8) is 0 Å². The van der Waals surface area contributed by atoms with Crippen molar-refractivity contribution >= 4 is 0 Å². The third-order valence-corrected chi connectivity index (χ3v) is 3.12. The quantitative estimate of drug-likeness (QED) is 0.766.